The summed E-state index contributed by atoms with van der Waals surface area (Å²) in [6.45, 7) is 4.30. The largest absolute Gasteiger partial charge is 0.389 e. The lowest BCUT2D eigenvalue weighted by molar-refractivity contribution is -0.0167. The van der Waals surface area contributed by atoms with Crippen molar-refractivity contribution in [3.63, 3.8) is 0 Å². The molecule has 0 aromatic carbocycles. The fraction of sp³-hybridized carbons (Fsp3) is 0.857. The van der Waals surface area contributed by atoms with E-state index < -0.39 is 6.10 Å². The van der Waals surface area contributed by atoms with Gasteiger partial charge in [-0.05, 0) is 19.3 Å². The Morgan fingerprint density at radius 1 is 1.61 bits per heavy atom. The van der Waals surface area contributed by atoms with Gasteiger partial charge in [-0.25, -0.2) is 0 Å². The van der Waals surface area contributed by atoms with Gasteiger partial charge in [-0.15, -0.1) is 6.42 Å². The molecule has 1 aliphatic rings. The van der Waals surface area contributed by atoms with E-state index in [1.807, 2.05) is 0 Å². The van der Waals surface area contributed by atoms with Gasteiger partial charge in [0.05, 0.1) is 31.5 Å². The number of aliphatic hydroxyl groups is 1. The van der Waals surface area contributed by atoms with Crippen LogP contribution in [0.3, 0.4) is 0 Å². The molecule has 0 aliphatic carbocycles. The minimum atomic E-state index is -0.515. The predicted molar refractivity (Wildman–Crippen MR) is 71.3 cm³/mol. The number of nitrogens with one attached hydrogen (secondary N) is 1. The van der Waals surface area contributed by atoms with Gasteiger partial charge in [-0.2, -0.15) is 0 Å². The van der Waals surface area contributed by atoms with E-state index in [0.29, 0.717) is 19.8 Å². The molecule has 0 bridgehead atoms. The van der Waals surface area contributed by atoms with Crippen LogP contribution in [0.1, 0.15) is 32.6 Å². The molecule has 0 aromatic heterocycles. The van der Waals surface area contributed by atoms with Crippen LogP contribution in [-0.2, 0) is 9.47 Å². The van der Waals surface area contributed by atoms with Gasteiger partial charge in [0.2, 0.25) is 0 Å². The van der Waals surface area contributed by atoms with E-state index in [4.69, 9.17) is 15.9 Å². The normalized spacial score (nSPS) is 22.6. The Kier molecular flexibility index (Phi) is 8.03. The summed E-state index contributed by atoms with van der Waals surface area (Å²) in [5, 5.41) is 12.9. The van der Waals surface area contributed by atoms with E-state index in [1.54, 1.807) is 0 Å². The maximum absolute atomic E-state index is 9.74. The van der Waals surface area contributed by atoms with Crippen molar-refractivity contribution in [1.82, 2.24) is 5.32 Å². The van der Waals surface area contributed by atoms with Crippen molar-refractivity contribution in [3.05, 3.63) is 0 Å². The highest BCUT2D eigenvalue weighted by molar-refractivity contribution is 4.98. The molecule has 1 rings (SSSR count). The first-order valence-corrected chi connectivity index (χ1v) is 6.83. The zero-order valence-corrected chi connectivity index (χ0v) is 11.2. The van der Waals surface area contributed by atoms with Crippen molar-refractivity contribution in [2.75, 3.05) is 26.4 Å². The Morgan fingerprint density at radius 2 is 2.44 bits per heavy atom. The molecular weight excluding hydrogens is 230 g/mol. The van der Waals surface area contributed by atoms with Crippen molar-refractivity contribution in [2.45, 2.75) is 50.9 Å². The van der Waals surface area contributed by atoms with Gasteiger partial charge in [0.25, 0.3) is 0 Å². The molecule has 4 heteroatoms. The van der Waals surface area contributed by atoms with Gasteiger partial charge >= 0.3 is 0 Å². The van der Waals surface area contributed by atoms with Crippen molar-refractivity contribution in [2.24, 2.45) is 0 Å². The van der Waals surface area contributed by atoms with Crippen LogP contribution in [-0.4, -0.2) is 49.7 Å². The van der Waals surface area contributed by atoms with Crippen molar-refractivity contribution < 1.29 is 14.6 Å². The highest BCUT2D eigenvalue weighted by Crippen LogP contribution is 2.11. The molecule has 4 nitrogen and oxygen atoms in total. The molecule has 0 amide bonds. The van der Waals surface area contributed by atoms with Crippen molar-refractivity contribution >= 4 is 0 Å². The SMILES string of the molecule is C#CC(CCC)NCC(O)COCC1CCCO1. The van der Waals surface area contributed by atoms with Gasteiger partial charge < -0.3 is 19.9 Å². The number of ether oxygens (including phenoxy) is 2. The van der Waals surface area contributed by atoms with E-state index in [9.17, 15) is 5.11 Å². The number of hydrogen-bond acceptors (Lipinski definition) is 4. The summed E-state index contributed by atoms with van der Waals surface area (Å²) in [5.41, 5.74) is 0. The maximum Gasteiger partial charge on any atom is 0.0898 e. The predicted octanol–water partition coefficient (Wildman–Crippen LogP) is 0.934. The molecule has 3 unspecified atom stereocenters. The van der Waals surface area contributed by atoms with Crippen LogP contribution in [0.5, 0.6) is 0 Å². The van der Waals surface area contributed by atoms with Gasteiger partial charge in [0, 0.05) is 13.2 Å². The first kappa shape index (κ1) is 15.5. The summed E-state index contributed by atoms with van der Waals surface area (Å²) in [6, 6.07) is 0.0443. The Labute approximate surface area is 110 Å². The second kappa shape index (κ2) is 9.35. The minimum Gasteiger partial charge on any atom is -0.389 e. The Balaban J connectivity index is 2.02. The maximum atomic E-state index is 9.74. The highest BCUT2D eigenvalue weighted by atomic mass is 16.5. The third-order valence-electron chi connectivity index (χ3n) is 3.02. The number of aliphatic hydroxyl groups excluding tert-OH is 1. The summed E-state index contributed by atoms with van der Waals surface area (Å²) in [5.74, 6) is 2.68. The molecule has 0 spiro atoms. The molecule has 0 aromatic rings. The van der Waals surface area contributed by atoms with E-state index in [0.717, 1.165) is 32.3 Å². The number of hydrogen-bond donors (Lipinski definition) is 2. The van der Waals surface area contributed by atoms with E-state index in [1.165, 1.54) is 0 Å². The molecule has 2 N–H and O–H groups in total. The molecule has 104 valence electrons. The molecule has 1 saturated heterocycles. The van der Waals surface area contributed by atoms with Crippen LogP contribution in [0.2, 0.25) is 0 Å². The molecule has 18 heavy (non-hydrogen) atoms. The second-order valence-corrected chi connectivity index (χ2v) is 4.74. The van der Waals surface area contributed by atoms with Gasteiger partial charge in [-0.3, -0.25) is 0 Å². The first-order chi connectivity index (χ1) is 8.76. The topological polar surface area (TPSA) is 50.7 Å². The molecule has 1 aliphatic heterocycles. The highest BCUT2D eigenvalue weighted by Gasteiger charge is 2.16. The van der Waals surface area contributed by atoms with Crippen LogP contribution in [0.25, 0.3) is 0 Å². The average Bonchev–Trinajstić information content (AvgIpc) is 2.87. The fourth-order valence-electron chi connectivity index (χ4n) is 1.98. The van der Waals surface area contributed by atoms with E-state index in [2.05, 4.69) is 18.2 Å². The number of rotatable bonds is 9. The lowest BCUT2D eigenvalue weighted by Gasteiger charge is -2.17. The van der Waals surface area contributed by atoms with Crippen LogP contribution < -0.4 is 5.32 Å². The Morgan fingerprint density at radius 3 is 3.06 bits per heavy atom. The zero-order chi connectivity index (χ0) is 13.2. The molecule has 3 atom stereocenters. The van der Waals surface area contributed by atoms with E-state index in [-0.39, 0.29) is 12.1 Å². The smallest absolute Gasteiger partial charge is 0.0898 e. The fourth-order valence-corrected chi connectivity index (χ4v) is 1.98. The molecule has 0 radical (unpaired) electrons. The lowest BCUT2D eigenvalue weighted by Crippen LogP contribution is -2.37. The van der Waals surface area contributed by atoms with Crippen LogP contribution in [0, 0.1) is 12.3 Å². The van der Waals surface area contributed by atoms with Crippen molar-refractivity contribution in [3.8, 4) is 12.3 Å². The first-order valence-electron chi connectivity index (χ1n) is 6.83. The zero-order valence-electron chi connectivity index (χ0n) is 11.2. The minimum absolute atomic E-state index is 0.0443. The van der Waals surface area contributed by atoms with Gasteiger partial charge in [-0.1, -0.05) is 19.3 Å². The molecule has 1 fully saturated rings. The summed E-state index contributed by atoms with van der Waals surface area (Å²) in [6.07, 6.45) is 9.22. The Hall–Kier alpha value is -0.600. The lowest BCUT2D eigenvalue weighted by atomic mass is 10.2. The summed E-state index contributed by atoms with van der Waals surface area (Å²) < 4.78 is 10.9. The van der Waals surface area contributed by atoms with Gasteiger partial charge in [0.15, 0.2) is 0 Å². The third-order valence-corrected chi connectivity index (χ3v) is 3.02. The molecule has 1 heterocycles. The van der Waals surface area contributed by atoms with Crippen molar-refractivity contribution in [1.29, 1.82) is 0 Å². The number of terminal acetylenes is 1. The summed E-state index contributed by atoms with van der Waals surface area (Å²) in [7, 11) is 0. The van der Waals surface area contributed by atoms with Crippen LogP contribution in [0.15, 0.2) is 0 Å². The van der Waals surface area contributed by atoms with Gasteiger partial charge in [0.1, 0.15) is 0 Å². The van der Waals surface area contributed by atoms with Crippen LogP contribution in [0.4, 0.5) is 0 Å². The molecular formula is C14H25NO3. The average molecular weight is 255 g/mol. The summed E-state index contributed by atoms with van der Waals surface area (Å²) in [4.78, 5) is 0. The Bertz CT molecular complexity index is 246. The molecule has 0 saturated carbocycles. The third kappa shape index (κ3) is 6.36. The monoisotopic (exact) mass is 255 g/mol. The van der Waals surface area contributed by atoms with Crippen LogP contribution >= 0.6 is 0 Å². The standard InChI is InChI=1S/C14H25NO3/c1-3-6-12(4-2)15-9-13(16)10-17-11-14-7-5-8-18-14/h2,12-16H,3,5-11H2,1H3. The quantitative estimate of drug-likeness (QED) is 0.602. The van der Waals surface area contributed by atoms with E-state index >= 15 is 0 Å². The second-order valence-electron chi connectivity index (χ2n) is 4.74. The summed E-state index contributed by atoms with van der Waals surface area (Å²) >= 11 is 0.